The molecule has 2 heterocycles. The van der Waals surface area contributed by atoms with Gasteiger partial charge in [-0.15, -0.1) is 0 Å². The Hall–Kier alpha value is -1.14. The van der Waals surface area contributed by atoms with Crippen LogP contribution in [-0.4, -0.2) is 18.1 Å². The molecule has 64 valence electrons. The second-order valence-corrected chi connectivity index (χ2v) is 3.22. The van der Waals surface area contributed by atoms with Crippen molar-refractivity contribution >= 4 is 0 Å². The van der Waals surface area contributed by atoms with Crippen LogP contribution in [0, 0.1) is 0 Å². The van der Waals surface area contributed by atoms with Crippen LogP contribution in [0.1, 0.15) is 20.3 Å². The van der Waals surface area contributed by atoms with Crippen LogP contribution in [-0.2, 0) is 4.74 Å². The highest BCUT2D eigenvalue weighted by Crippen LogP contribution is 2.25. The van der Waals surface area contributed by atoms with E-state index in [2.05, 4.69) is 24.5 Å². The number of rotatable bonds is 0. The Morgan fingerprint density at radius 3 is 3.08 bits per heavy atom. The Labute approximate surface area is 72.8 Å². The van der Waals surface area contributed by atoms with E-state index in [9.17, 15) is 0 Å². The fourth-order valence-electron chi connectivity index (χ4n) is 1.57. The average molecular weight is 163 g/mol. The molecule has 0 spiro atoms. The quantitative estimate of drug-likeness (QED) is 0.506. The number of fused-ring (bicyclic) bond motifs is 1. The maximum Gasteiger partial charge on any atom is 0.197 e. The van der Waals surface area contributed by atoms with Crippen molar-refractivity contribution in [3.8, 4) is 0 Å². The Bertz CT molecular complexity index is 295. The van der Waals surface area contributed by atoms with Gasteiger partial charge in [0.1, 0.15) is 0 Å². The highest BCUT2D eigenvalue weighted by molar-refractivity contribution is 5.28. The molecular weight excluding hydrogens is 150 g/mol. The molecule has 2 nitrogen and oxygen atoms in total. The van der Waals surface area contributed by atoms with Crippen LogP contribution in [0.4, 0.5) is 0 Å². The fraction of sp³-hybridized carbons (Fsp3) is 0.500. The maximum absolute atomic E-state index is 5.58. The molecule has 0 bridgehead atoms. The summed E-state index contributed by atoms with van der Waals surface area (Å²) < 4.78 is 5.58. The molecule has 1 fully saturated rings. The van der Waals surface area contributed by atoms with E-state index in [-0.39, 0.29) is 0 Å². The molecule has 2 aliphatic rings. The second kappa shape index (κ2) is 2.72. The third kappa shape index (κ3) is 1.05. The van der Waals surface area contributed by atoms with Gasteiger partial charge in [-0.25, -0.2) is 0 Å². The summed E-state index contributed by atoms with van der Waals surface area (Å²) in [6, 6.07) is 0. The highest BCUT2D eigenvalue weighted by atomic mass is 16.5. The topological polar surface area (TPSA) is 12.5 Å². The lowest BCUT2D eigenvalue weighted by molar-refractivity contribution is 0.0808. The average Bonchev–Trinajstić information content (AvgIpc) is 2.12. The van der Waals surface area contributed by atoms with Crippen LogP contribution in [0.3, 0.4) is 0 Å². The monoisotopic (exact) mass is 163 g/mol. The summed E-state index contributed by atoms with van der Waals surface area (Å²) in [5.74, 6) is 1.03. The standard InChI is InChI=1S/C10H13NO/c1-8-4-5-9(2)11-6-3-7-12-10(8)11/h4H,3,6-7H2,1-2H3. The smallest absolute Gasteiger partial charge is 0.197 e. The summed E-state index contributed by atoms with van der Waals surface area (Å²) in [5, 5.41) is 0. The minimum absolute atomic E-state index is 0.851. The molecule has 0 aliphatic carbocycles. The third-order valence-corrected chi connectivity index (χ3v) is 2.25. The van der Waals surface area contributed by atoms with Crippen molar-refractivity contribution in [1.29, 1.82) is 0 Å². The van der Waals surface area contributed by atoms with Gasteiger partial charge < -0.3 is 9.64 Å². The van der Waals surface area contributed by atoms with E-state index in [1.165, 1.54) is 5.57 Å². The zero-order valence-electron chi connectivity index (χ0n) is 7.55. The number of nitrogens with zero attached hydrogens (tertiary/aromatic N) is 1. The summed E-state index contributed by atoms with van der Waals surface area (Å²) in [6.45, 7) is 6.05. The third-order valence-electron chi connectivity index (χ3n) is 2.25. The molecule has 0 amide bonds. The normalized spacial score (nSPS) is 21.8. The molecule has 2 rings (SSSR count). The van der Waals surface area contributed by atoms with Crippen LogP contribution < -0.4 is 0 Å². The van der Waals surface area contributed by atoms with Crippen molar-refractivity contribution in [3.63, 3.8) is 0 Å². The molecule has 0 radical (unpaired) electrons. The summed E-state index contributed by atoms with van der Waals surface area (Å²) in [5.41, 5.74) is 5.55. The summed E-state index contributed by atoms with van der Waals surface area (Å²) in [4.78, 5) is 2.19. The van der Waals surface area contributed by atoms with Gasteiger partial charge in [0.25, 0.3) is 0 Å². The molecule has 2 heteroatoms. The van der Waals surface area contributed by atoms with E-state index in [4.69, 9.17) is 4.74 Å². The minimum atomic E-state index is 0.851. The van der Waals surface area contributed by atoms with E-state index in [1.54, 1.807) is 0 Å². The van der Waals surface area contributed by atoms with Gasteiger partial charge in [-0.2, -0.15) is 0 Å². The first-order valence-corrected chi connectivity index (χ1v) is 4.33. The van der Waals surface area contributed by atoms with Gasteiger partial charge in [0.05, 0.1) is 12.3 Å². The summed E-state index contributed by atoms with van der Waals surface area (Å²) in [6.07, 6.45) is 3.10. The van der Waals surface area contributed by atoms with Gasteiger partial charge in [0.15, 0.2) is 5.88 Å². The molecule has 0 N–H and O–H groups in total. The van der Waals surface area contributed by atoms with Crippen LogP contribution in [0.2, 0.25) is 0 Å². The first-order chi connectivity index (χ1) is 5.79. The lowest BCUT2D eigenvalue weighted by atomic mass is 10.2. The van der Waals surface area contributed by atoms with E-state index in [0.29, 0.717) is 0 Å². The molecule has 0 unspecified atom stereocenters. The summed E-state index contributed by atoms with van der Waals surface area (Å²) in [7, 11) is 0. The van der Waals surface area contributed by atoms with Crippen LogP contribution in [0.5, 0.6) is 0 Å². The van der Waals surface area contributed by atoms with Gasteiger partial charge in [0.2, 0.25) is 0 Å². The van der Waals surface area contributed by atoms with Gasteiger partial charge in [-0.1, -0.05) is 5.73 Å². The molecule has 0 atom stereocenters. The zero-order valence-corrected chi connectivity index (χ0v) is 7.55. The Morgan fingerprint density at radius 1 is 1.50 bits per heavy atom. The first-order valence-electron chi connectivity index (χ1n) is 4.33. The lowest BCUT2D eigenvalue weighted by Crippen LogP contribution is -2.31. The molecule has 0 aromatic heterocycles. The van der Waals surface area contributed by atoms with Crippen molar-refractivity contribution in [2.75, 3.05) is 13.2 Å². The molecule has 1 saturated heterocycles. The second-order valence-electron chi connectivity index (χ2n) is 3.22. The van der Waals surface area contributed by atoms with Gasteiger partial charge in [-0.05, 0) is 26.3 Å². The number of allylic oxidation sites excluding steroid dienone is 2. The van der Waals surface area contributed by atoms with E-state index in [0.717, 1.165) is 31.2 Å². The van der Waals surface area contributed by atoms with Crippen LogP contribution in [0.25, 0.3) is 0 Å². The minimum Gasteiger partial charge on any atom is -0.479 e. The zero-order chi connectivity index (χ0) is 8.55. The first kappa shape index (κ1) is 7.51. The lowest BCUT2D eigenvalue weighted by Gasteiger charge is -2.33. The van der Waals surface area contributed by atoms with Gasteiger partial charge >= 0.3 is 0 Å². The fourth-order valence-corrected chi connectivity index (χ4v) is 1.57. The summed E-state index contributed by atoms with van der Waals surface area (Å²) >= 11 is 0. The predicted molar refractivity (Wildman–Crippen MR) is 47.2 cm³/mol. The van der Waals surface area contributed by atoms with E-state index < -0.39 is 0 Å². The molecule has 0 aromatic rings. The van der Waals surface area contributed by atoms with E-state index >= 15 is 0 Å². The molecular formula is C10H13NO. The number of hydrogen-bond acceptors (Lipinski definition) is 2. The Balaban J connectivity index is 2.39. The molecule has 2 aliphatic heterocycles. The van der Waals surface area contributed by atoms with Crippen LogP contribution >= 0.6 is 0 Å². The molecule has 0 aromatic carbocycles. The predicted octanol–water partition coefficient (Wildman–Crippen LogP) is 2.01. The van der Waals surface area contributed by atoms with Crippen molar-refractivity contribution in [2.24, 2.45) is 0 Å². The van der Waals surface area contributed by atoms with Gasteiger partial charge in [-0.3, -0.25) is 0 Å². The van der Waals surface area contributed by atoms with Crippen molar-refractivity contribution in [1.82, 2.24) is 4.90 Å². The number of hydrogen-bond donors (Lipinski definition) is 0. The van der Waals surface area contributed by atoms with E-state index in [1.807, 2.05) is 6.08 Å². The highest BCUT2D eigenvalue weighted by Gasteiger charge is 2.20. The molecule has 0 saturated carbocycles. The van der Waals surface area contributed by atoms with Crippen molar-refractivity contribution < 1.29 is 4.74 Å². The largest absolute Gasteiger partial charge is 0.479 e. The van der Waals surface area contributed by atoms with Crippen molar-refractivity contribution in [2.45, 2.75) is 20.3 Å². The maximum atomic E-state index is 5.58. The van der Waals surface area contributed by atoms with Gasteiger partial charge in [0, 0.05) is 12.1 Å². The Kier molecular flexibility index (Phi) is 1.70. The Morgan fingerprint density at radius 2 is 2.33 bits per heavy atom. The van der Waals surface area contributed by atoms with Crippen LogP contribution in [0.15, 0.2) is 29.0 Å². The van der Waals surface area contributed by atoms with Crippen molar-refractivity contribution in [3.05, 3.63) is 29.0 Å². The molecule has 12 heavy (non-hydrogen) atoms. The number of ether oxygens (including phenoxy) is 1. The SMILES string of the molecule is CC1=C=CC(C)=C2OCCCN12.